The van der Waals surface area contributed by atoms with Crippen LogP contribution in [0.2, 0.25) is 0 Å². The molecule has 1 saturated heterocycles. The molecule has 2 aromatic heterocycles. The van der Waals surface area contributed by atoms with Gasteiger partial charge in [0.05, 0.1) is 23.0 Å². The molecule has 1 aliphatic rings. The average Bonchev–Trinajstić information content (AvgIpc) is 3.11. The van der Waals surface area contributed by atoms with Crippen LogP contribution in [-0.4, -0.2) is 51.5 Å². The maximum atomic E-state index is 13.2. The molecule has 4 rings (SSSR count). The molecule has 0 amide bonds. The summed E-state index contributed by atoms with van der Waals surface area (Å²) in [6.45, 7) is 3.95. The Bertz CT molecular complexity index is 997. The van der Waals surface area contributed by atoms with E-state index in [2.05, 4.69) is 37.7 Å². The van der Waals surface area contributed by atoms with Gasteiger partial charge in [0, 0.05) is 23.5 Å². The number of piperidine rings is 1. The molecular weight excluding hydrogens is 369 g/mol. The summed E-state index contributed by atoms with van der Waals surface area (Å²) in [6.07, 6.45) is -1.05. The lowest BCUT2D eigenvalue weighted by Gasteiger charge is -2.30. The highest BCUT2D eigenvalue weighted by Crippen LogP contribution is 2.37. The van der Waals surface area contributed by atoms with Gasteiger partial charge in [0.25, 0.3) is 0 Å². The topological polar surface area (TPSA) is 69.7 Å². The molecular formula is C19H21F3N6. The number of hydrogen-bond donors (Lipinski definition) is 2. The molecule has 0 bridgehead atoms. The number of fused-ring (bicyclic) bond motifs is 1. The van der Waals surface area contributed by atoms with Gasteiger partial charge in [-0.3, -0.25) is 5.10 Å². The van der Waals surface area contributed by atoms with E-state index in [0.717, 1.165) is 37.6 Å². The minimum absolute atomic E-state index is 0.0249. The summed E-state index contributed by atoms with van der Waals surface area (Å²) in [4.78, 5) is 2.27. The molecule has 3 heterocycles. The Hall–Kier alpha value is -2.68. The monoisotopic (exact) mass is 390 g/mol. The molecule has 2 N–H and O–H groups in total. The number of nitrogens with zero attached hydrogens (tertiary/aromatic N) is 4. The summed E-state index contributed by atoms with van der Waals surface area (Å²) in [7, 11) is 2.09. The number of hydrogen-bond acceptors (Lipinski definition) is 5. The number of likely N-dealkylation sites (N-methyl/N-ethyl adjacent to an activating group) is 1. The van der Waals surface area contributed by atoms with Crippen LogP contribution in [0.3, 0.4) is 0 Å². The standard InChI is InChI=1S/C19H21F3N6/c1-11-8-16(25-27-18(11)24-12-4-3-7-28(2)10-12)13-5-6-15(19(20,21)22)14-9-23-26-17(13)14/h5-6,8-9,12H,3-4,7,10H2,1-2H3,(H,23,26)(H,24,27)/t12-/m1/s1. The van der Waals surface area contributed by atoms with Crippen molar-refractivity contribution in [1.82, 2.24) is 25.3 Å². The highest BCUT2D eigenvalue weighted by Gasteiger charge is 2.33. The Morgan fingerprint density at radius 2 is 2.07 bits per heavy atom. The summed E-state index contributed by atoms with van der Waals surface area (Å²) in [6, 6.07) is 4.62. The molecule has 0 aliphatic carbocycles. The molecule has 0 unspecified atom stereocenters. The van der Waals surface area contributed by atoms with Crippen LogP contribution in [0, 0.1) is 6.92 Å². The number of anilines is 1. The molecule has 28 heavy (non-hydrogen) atoms. The van der Waals surface area contributed by atoms with E-state index in [1.165, 1.54) is 12.3 Å². The van der Waals surface area contributed by atoms with Crippen molar-refractivity contribution < 1.29 is 13.2 Å². The number of aryl methyl sites for hydroxylation is 1. The number of nitrogens with one attached hydrogen (secondary N) is 2. The highest BCUT2D eigenvalue weighted by atomic mass is 19.4. The van der Waals surface area contributed by atoms with Crippen molar-refractivity contribution in [2.45, 2.75) is 32.0 Å². The highest BCUT2D eigenvalue weighted by molar-refractivity contribution is 5.94. The molecule has 3 aromatic rings. The third-order valence-corrected chi connectivity index (χ3v) is 5.15. The summed E-state index contributed by atoms with van der Waals surface area (Å²) < 4.78 is 39.6. The van der Waals surface area contributed by atoms with E-state index in [4.69, 9.17) is 0 Å². The molecule has 1 aromatic carbocycles. The fraction of sp³-hybridized carbons (Fsp3) is 0.421. The predicted molar refractivity (Wildman–Crippen MR) is 101 cm³/mol. The number of aromatic amines is 1. The van der Waals surface area contributed by atoms with E-state index in [9.17, 15) is 13.2 Å². The Balaban J connectivity index is 1.65. The quantitative estimate of drug-likeness (QED) is 0.711. The van der Waals surface area contributed by atoms with Gasteiger partial charge in [-0.1, -0.05) is 0 Å². The van der Waals surface area contributed by atoms with Gasteiger partial charge in [-0.05, 0) is 57.1 Å². The number of rotatable bonds is 3. The smallest absolute Gasteiger partial charge is 0.364 e. The van der Waals surface area contributed by atoms with Gasteiger partial charge >= 0.3 is 6.18 Å². The molecule has 148 valence electrons. The maximum Gasteiger partial charge on any atom is 0.417 e. The van der Waals surface area contributed by atoms with Crippen LogP contribution < -0.4 is 5.32 Å². The second-order valence-corrected chi connectivity index (χ2v) is 7.32. The molecule has 9 heteroatoms. The van der Waals surface area contributed by atoms with E-state index in [-0.39, 0.29) is 5.39 Å². The molecule has 0 saturated carbocycles. The number of alkyl halides is 3. The van der Waals surface area contributed by atoms with Crippen molar-refractivity contribution in [3.8, 4) is 11.3 Å². The van der Waals surface area contributed by atoms with Crippen LogP contribution in [0.25, 0.3) is 22.2 Å². The normalized spacial score (nSPS) is 18.5. The molecule has 1 atom stereocenters. The van der Waals surface area contributed by atoms with E-state index in [1.54, 1.807) is 0 Å². The SMILES string of the molecule is Cc1cc(-c2ccc(C(F)(F)F)c3cn[nH]c23)nnc1N[C@@H]1CCCN(C)C1. The number of likely N-dealkylation sites (tertiary alicyclic amines) is 1. The van der Waals surface area contributed by atoms with Gasteiger partial charge in [0.15, 0.2) is 5.82 Å². The molecule has 0 radical (unpaired) electrons. The van der Waals surface area contributed by atoms with Crippen molar-refractivity contribution in [2.75, 3.05) is 25.5 Å². The predicted octanol–water partition coefficient (Wildman–Crippen LogP) is 3.85. The van der Waals surface area contributed by atoms with Crippen LogP contribution in [0.1, 0.15) is 24.0 Å². The third kappa shape index (κ3) is 3.54. The zero-order chi connectivity index (χ0) is 19.9. The van der Waals surface area contributed by atoms with Crippen LogP contribution in [0.5, 0.6) is 0 Å². The number of halogens is 3. The van der Waals surface area contributed by atoms with Crippen molar-refractivity contribution in [3.05, 3.63) is 35.5 Å². The summed E-state index contributed by atoms with van der Waals surface area (Å²) in [5.41, 5.74) is 1.53. The average molecular weight is 390 g/mol. The van der Waals surface area contributed by atoms with Gasteiger partial charge in [-0.25, -0.2) is 0 Å². The number of benzene rings is 1. The molecule has 0 spiro atoms. The second-order valence-electron chi connectivity index (χ2n) is 7.32. The number of aromatic nitrogens is 4. The van der Waals surface area contributed by atoms with E-state index >= 15 is 0 Å². The van der Waals surface area contributed by atoms with Crippen molar-refractivity contribution in [2.24, 2.45) is 0 Å². The van der Waals surface area contributed by atoms with Crippen molar-refractivity contribution in [1.29, 1.82) is 0 Å². The zero-order valence-electron chi connectivity index (χ0n) is 15.6. The van der Waals surface area contributed by atoms with Gasteiger partial charge in [-0.2, -0.15) is 18.3 Å². The fourth-order valence-corrected chi connectivity index (χ4v) is 3.73. The summed E-state index contributed by atoms with van der Waals surface area (Å²) >= 11 is 0. The van der Waals surface area contributed by atoms with Gasteiger partial charge in [0.2, 0.25) is 0 Å². The molecule has 6 nitrogen and oxygen atoms in total. The van der Waals surface area contributed by atoms with Crippen LogP contribution in [0.15, 0.2) is 24.4 Å². The first-order chi connectivity index (χ1) is 13.3. The Kier molecular flexibility index (Phi) is 4.70. The van der Waals surface area contributed by atoms with Crippen molar-refractivity contribution in [3.63, 3.8) is 0 Å². The Morgan fingerprint density at radius 3 is 2.79 bits per heavy atom. The molecule has 1 fully saturated rings. The van der Waals surface area contributed by atoms with E-state index in [1.807, 2.05) is 13.0 Å². The third-order valence-electron chi connectivity index (χ3n) is 5.15. The minimum atomic E-state index is -4.44. The fourth-order valence-electron chi connectivity index (χ4n) is 3.73. The lowest BCUT2D eigenvalue weighted by atomic mass is 10.0. The zero-order valence-corrected chi connectivity index (χ0v) is 15.6. The summed E-state index contributed by atoms with van der Waals surface area (Å²) in [5.74, 6) is 0.705. The van der Waals surface area contributed by atoms with Gasteiger partial charge in [0.1, 0.15) is 0 Å². The number of H-pyrrole nitrogens is 1. The Labute approximate surface area is 160 Å². The Morgan fingerprint density at radius 1 is 1.25 bits per heavy atom. The minimum Gasteiger partial charge on any atom is -0.364 e. The summed E-state index contributed by atoms with van der Waals surface area (Å²) in [5, 5.41) is 18.5. The van der Waals surface area contributed by atoms with Crippen LogP contribution >= 0.6 is 0 Å². The molecule has 1 aliphatic heterocycles. The lowest BCUT2D eigenvalue weighted by Crippen LogP contribution is -2.40. The second kappa shape index (κ2) is 7.05. The van der Waals surface area contributed by atoms with Gasteiger partial charge < -0.3 is 10.2 Å². The van der Waals surface area contributed by atoms with E-state index in [0.29, 0.717) is 28.6 Å². The first kappa shape index (κ1) is 18.7. The van der Waals surface area contributed by atoms with Crippen LogP contribution in [0.4, 0.5) is 19.0 Å². The first-order valence-corrected chi connectivity index (χ1v) is 9.16. The van der Waals surface area contributed by atoms with E-state index < -0.39 is 11.7 Å². The van der Waals surface area contributed by atoms with Crippen molar-refractivity contribution >= 4 is 16.7 Å². The maximum absolute atomic E-state index is 13.2. The van der Waals surface area contributed by atoms with Gasteiger partial charge in [-0.15, -0.1) is 10.2 Å². The van der Waals surface area contributed by atoms with Crippen LogP contribution in [-0.2, 0) is 6.18 Å². The largest absolute Gasteiger partial charge is 0.417 e. The lowest BCUT2D eigenvalue weighted by molar-refractivity contribution is -0.136. The first-order valence-electron chi connectivity index (χ1n) is 9.16.